The first-order valence-electron chi connectivity index (χ1n) is 5.65. The van der Waals surface area contributed by atoms with E-state index in [1.807, 2.05) is 0 Å². The van der Waals surface area contributed by atoms with E-state index in [1.54, 1.807) is 6.07 Å². The summed E-state index contributed by atoms with van der Waals surface area (Å²) >= 11 is 5.61. The number of alkyl halides is 3. The van der Waals surface area contributed by atoms with Gasteiger partial charge in [0.15, 0.2) is 5.82 Å². The molecule has 0 spiro atoms. The van der Waals surface area contributed by atoms with E-state index in [0.29, 0.717) is 6.07 Å². The molecule has 0 aliphatic carbocycles. The Bertz CT molecular complexity index is 720. The molecule has 21 heavy (non-hydrogen) atoms. The van der Waals surface area contributed by atoms with E-state index in [2.05, 4.69) is 5.32 Å². The predicted octanol–water partition coefficient (Wildman–Crippen LogP) is 5.11. The molecule has 0 radical (unpaired) electrons. The standard InChI is InChI=1S/C14H7ClF4N2/c15-10-2-1-3-12(13(10)16)21-11-5-4-9(14(17,18)19)6-8(11)7-20/h1-6,21H. The number of hydrogen-bond donors (Lipinski definition) is 1. The van der Waals surface area contributed by atoms with Crippen LogP contribution in [0.2, 0.25) is 5.02 Å². The second kappa shape index (κ2) is 5.62. The van der Waals surface area contributed by atoms with Gasteiger partial charge in [-0.15, -0.1) is 0 Å². The van der Waals surface area contributed by atoms with Crippen LogP contribution >= 0.6 is 11.6 Å². The molecular weight excluding hydrogens is 308 g/mol. The lowest BCUT2D eigenvalue weighted by atomic mass is 10.1. The Morgan fingerprint density at radius 2 is 1.81 bits per heavy atom. The van der Waals surface area contributed by atoms with Gasteiger partial charge in [0.05, 0.1) is 27.5 Å². The van der Waals surface area contributed by atoms with Gasteiger partial charge in [-0.25, -0.2) is 4.39 Å². The molecule has 0 amide bonds. The third-order valence-corrected chi connectivity index (χ3v) is 2.98. The van der Waals surface area contributed by atoms with Gasteiger partial charge in [0.1, 0.15) is 6.07 Å². The Kier molecular flexibility index (Phi) is 4.05. The predicted molar refractivity (Wildman–Crippen MR) is 70.9 cm³/mol. The number of anilines is 2. The molecular formula is C14H7ClF4N2. The molecule has 2 aromatic carbocycles. The van der Waals surface area contributed by atoms with Gasteiger partial charge in [0, 0.05) is 0 Å². The Balaban J connectivity index is 2.42. The van der Waals surface area contributed by atoms with Crippen LogP contribution < -0.4 is 5.32 Å². The van der Waals surface area contributed by atoms with Crippen molar-refractivity contribution in [2.45, 2.75) is 6.18 Å². The Labute approximate surface area is 122 Å². The van der Waals surface area contributed by atoms with Gasteiger partial charge in [0.2, 0.25) is 0 Å². The van der Waals surface area contributed by atoms with Crippen molar-refractivity contribution in [1.29, 1.82) is 5.26 Å². The van der Waals surface area contributed by atoms with Gasteiger partial charge in [-0.1, -0.05) is 17.7 Å². The van der Waals surface area contributed by atoms with Crippen LogP contribution in [0.4, 0.5) is 28.9 Å². The second-order valence-electron chi connectivity index (χ2n) is 4.10. The number of benzene rings is 2. The van der Waals surface area contributed by atoms with Gasteiger partial charge in [-0.3, -0.25) is 0 Å². The van der Waals surface area contributed by atoms with Gasteiger partial charge >= 0.3 is 6.18 Å². The molecule has 1 N–H and O–H groups in total. The first kappa shape index (κ1) is 15.1. The molecule has 2 nitrogen and oxygen atoms in total. The van der Waals surface area contributed by atoms with E-state index >= 15 is 0 Å². The van der Waals surface area contributed by atoms with Crippen LogP contribution in [0.25, 0.3) is 0 Å². The maximum absolute atomic E-state index is 13.7. The molecule has 7 heteroatoms. The highest BCUT2D eigenvalue weighted by atomic mass is 35.5. The number of nitrogens with zero attached hydrogens (tertiary/aromatic N) is 1. The summed E-state index contributed by atoms with van der Waals surface area (Å²) in [6, 6.07) is 8.40. The van der Waals surface area contributed by atoms with E-state index in [0.717, 1.165) is 12.1 Å². The number of rotatable bonds is 2. The first-order valence-corrected chi connectivity index (χ1v) is 6.03. The Morgan fingerprint density at radius 1 is 1.10 bits per heavy atom. The number of nitrogens with one attached hydrogen (secondary N) is 1. The highest BCUT2D eigenvalue weighted by Crippen LogP contribution is 2.33. The van der Waals surface area contributed by atoms with Gasteiger partial charge in [-0.05, 0) is 30.3 Å². The van der Waals surface area contributed by atoms with Crippen molar-refractivity contribution in [3.8, 4) is 6.07 Å². The quantitative estimate of drug-likeness (QED) is 0.782. The maximum atomic E-state index is 13.7. The molecule has 0 bridgehead atoms. The molecule has 2 rings (SSSR count). The van der Waals surface area contributed by atoms with Crippen LogP contribution in [0.15, 0.2) is 36.4 Å². The smallest absolute Gasteiger partial charge is 0.352 e. The third kappa shape index (κ3) is 3.26. The van der Waals surface area contributed by atoms with E-state index in [1.165, 1.54) is 18.2 Å². The molecule has 108 valence electrons. The zero-order valence-electron chi connectivity index (χ0n) is 10.3. The fourth-order valence-electron chi connectivity index (χ4n) is 1.67. The highest BCUT2D eigenvalue weighted by Gasteiger charge is 2.31. The molecule has 0 fully saturated rings. The van der Waals surface area contributed by atoms with Crippen LogP contribution in [0.1, 0.15) is 11.1 Å². The maximum Gasteiger partial charge on any atom is 0.416 e. The van der Waals surface area contributed by atoms with Crippen LogP contribution in [-0.4, -0.2) is 0 Å². The van der Waals surface area contributed by atoms with Gasteiger partial charge < -0.3 is 5.32 Å². The first-order chi connectivity index (χ1) is 9.82. The molecule has 0 aromatic heterocycles. The summed E-state index contributed by atoms with van der Waals surface area (Å²) in [5, 5.41) is 11.4. The molecule has 2 aromatic rings. The minimum absolute atomic E-state index is 0.0289. The summed E-state index contributed by atoms with van der Waals surface area (Å²) in [5.74, 6) is -0.747. The average Bonchev–Trinajstić information content (AvgIpc) is 2.43. The minimum atomic E-state index is -4.55. The van der Waals surface area contributed by atoms with E-state index < -0.39 is 17.6 Å². The molecule has 0 aliphatic heterocycles. The zero-order chi connectivity index (χ0) is 15.6. The summed E-state index contributed by atoms with van der Waals surface area (Å²) < 4.78 is 51.5. The highest BCUT2D eigenvalue weighted by molar-refractivity contribution is 6.31. The van der Waals surface area contributed by atoms with Gasteiger partial charge in [0.25, 0.3) is 0 Å². The minimum Gasteiger partial charge on any atom is -0.352 e. The number of nitriles is 1. The second-order valence-corrected chi connectivity index (χ2v) is 4.50. The summed E-state index contributed by atoms with van der Waals surface area (Å²) in [6.45, 7) is 0. The average molecular weight is 315 g/mol. The lowest BCUT2D eigenvalue weighted by Crippen LogP contribution is -2.06. The van der Waals surface area contributed by atoms with Crippen molar-refractivity contribution in [3.05, 3.63) is 58.4 Å². The van der Waals surface area contributed by atoms with Crippen molar-refractivity contribution < 1.29 is 17.6 Å². The molecule has 0 heterocycles. The summed E-state index contributed by atoms with van der Waals surface area (Å²) in [6.07, 6.45) is -4.55. The summed E-state index contributed by atoms with van der Waals surface area (Å²) in [5.41, 5.74) is -1.16. The largest absolute Gasteiger partial charge is 0.416 e. The van der Waals surface area contributed by atoms with E-state index in [9.17, 15) is 17.6 Å². The van der Waals surface area contributed by atoms with Crippen molar-refractivity contribution in [2.24, 2.45) is 0 Å². The van der Waals surface area contributed by atoms with Gasteiger partial charge in [-0.2, -0.15) is 18.4 Å². The fraction of sp³-hybridized carbons (Fsp3) is 0.0714. The SMILES string of the molecule is N#Cc1cc(C(F)(F)F)ccc1Nc1cccc(Cl)c1F. The zero-order valence-corrected chi connectivity index (χ0v) is 11.1. The topological polar surface area (TPSA) is 35.8 Å². The molecule has 0 saturated heterocycles. The lowest BCUT2D eigenvalue weighted by Gasteiger charge is -2.12. The molecule has 0 aliphatic rings. The third-order valence-electron chi connectivity index (χ3n) is 2.69. The van der Waals surface area contributed by atoms with E-state index in [4.69, 9.17) is 16.9 Å². The summed E-state index contributed by atoms with van der Waals surface area (Å²) in [7, 11) is 0. The monoisotopic (exact) mass is 314 g/mol. The molecule has 0 saturated carbocycles. The Morgan fingerprint density at radius 3 is 2.43 bits per heavy atom. The Hall–Kier alpha value is -2.26. The molecule has 0 unspecified atom stereocenters. The van der Waals surface area contributed by atoms with Crippen LogP contribution in [-0.2, 0) is 6.18 Å². The normalized spacial score (nSPS) is 11.0. The van der Waals surface area contributed by atoms with Crippen molar-refractivity contribution in [3.63, 3.8) is 0 Å². The molecule has 0 atom stereocenters. The van der Waals surface area contributed by atoms with Crippen molar-refractivity contribution in [2.75, 3.05) is 5.32 Å². The van der Waals surface area contributed by atoms with Crippen LogP contribution in [0.3, 0.4) is 0 Å². The van der Waals surface area contributed by atoms with E-state index in [-0.39, 0.29) is 22.0 Å². The fourth-order valence-corrected chi connectivity index (χ4v) is 1.84. The summed E-state index contributed by atoms with van der Waals surface area (Å²) in [4.78, 5) is 0. The van der Waals surface area contributed by atoms with Crippen LogP contribution in [0, 0.1) is 17.1 Å². The van der Waals surface area contributed by atoms with Crippen molar-refractivity contribution in [1.82, 2.24) is 0 Å². The number of halogens is 5. The lowest BCUT2D eigenvalue weighted by molar-refractivity contribution is -0.137. The van der Waals surface area contributed by atoms with Crippen LogP contribution in [0.5, 0.6) is 0 Å². The van der Waals surface area contributed by atoms with Crippen molar-refractivity contribution >= 4 is 23.0 Å². The number of hydrogen-bond acceptors (Lipinski definition) is 2.